The van der Waals surface area contributed by atoms with Crippen molar-refractivity contribution >= 4 is 28.8 Å². The van der Waals surface area contributed by atoms with Crippen molar-refractivity contribution in [2.24, 2.45) is 0 Å². The molecular formula is C39H28N4S. The molecule has 1 aromatic heterocycles. The smallest absolute Gasteiger partial charge is 0.166 e. The van der Waals surface area contributed by atoms with Crippen molar-refractivity contribution in [1.82, 2.24) is 15.0 Å². The zero-order valence-electron chi connectivity index (χ0n) is 23.9. The van der Waals surface area contributed by atoms with Gasteiger partial charge in [0.25, 0.3) is 0 Å². The molecule has 7 rings (SSSR count). The second-order valence-corrected chi connectivity index (χ2v) is 11.3. The van der Waals surface area contributed by atoms with E-state index in [9.17, 15) is 0 Å². The molecule has 0 N–H and O–H groups in total. The van der Waals surface area contributed by atoms with Gasteiger partial charge in [-0.05, 0) is 60.7 Å². The molecule has 0 unspecified atom stereocenters. The molecule has 0 atom stereocenters. The molecule has 0 bridgehead atoms. The lowest BCUT2D eigenvalue weighted by Gasteiger charge is -2.27. The average Bonchev–Trinajstić information content (AvgIpc) is 3.10. The first-order chi connectivity index (χ1) is 21.8. The zero-order chi connectivity index (χ0) is 29.6. The summed E-state index contributed by atoms with van der Waals surface area (Å²) in [7, 11) is 0. The monoisotopic (exact) mass is 584 g/mol. The lowest BCUT2D eigenvalue weighted by molar-refractivity contribution is 1.07. The quantitative estimate of drug-likeness (QED) is 0.178. The summed E-state index contributed by atoms with van der Waals surface area (Å²) in [6.45, 7) is 0. The van der Waals surface area contributed by atoms with E-state index in [1.165, 1.54) is 4.90 Å². The standard InChI is InChI=1S/C39H28N4S/c1-5-16-29(17-6-1)37-40-38(30-18-15-25-34(28-30)44-33-23-11-4-12-24-33)42-39(41-37)35-26-13-14-27-36(35)43(31-19-7-2-8-20-31)32-21-9-3-10-22-32/h1-28H. The van der Waals surface area contributed by atoms with Crippen molar-refractivity contribution in [2.45, 2.75) is 9.79 Å². The Balaban J connectivity index is 1.39. The van der Waals surface area contributed by atoms with E-state index in [0.29, 0.717) is 17.5 Å². The number of aromatic nitrogens is 3. The van der Waals surface area contributed by atoms with Crippen LogP contribution in [0.1, 0.15) is 0 Å². The van der Waals surface area contributed by atoms with Crippen LogP contribution >= 0.6 is 11.8 Å². The van der Waals surface area contributed by atoms with Crippen molar-refractivity contribution in [2.75, 3.05) is 4.90 Å². The fourth-order valence-electron chi connectivity index (χ4n) is 5.10. The number of anilines is 3. The number of benzene rings is 6. The normalized spacial score (nSPS) is 10.8. The van der Waals surface area contributed by atoms with Gasteiger partial charge >= 0.3 is 0 Å². The molecule has 0 aliphatic carbocycles. The molecule has 5 heteroatoms. The lowest BCUT2D eigenvalue weighted by Crippen LogP contribution is -2.12. The number of nitrogens with zero attached hydrogens (tertiary/aromatic N) is 4. The van der Waals surface area contributed by atoms with Gasteiger partial charge in [-0.15, -0.1) is 0 Å². The highest BCUT2D eigenvalue weighted by molar-refractivity contribution is 7.99. The third-order valence-corrected chi connectivity index (χ3v) is 8.15. The third kappa shape index (κ3) is 6.00. The Morgan fingerprint density at radius 1 is 0.386 bits per heavy atom. The molecule has 0 fully saturated rings. The van der Waals surface area contributed by atoms with E-state index in [4.69, 9.17) is 15.0 Å². The van der Waals surface area contributed by atoms with Gasteiger partial charge in [-0.25, -0.2) is 15.0 Å². The van der Waals surface area contributed by atoms with Gasteiger partial charge < -0.3 is 4.90 Å². The van der Waals surface area contributed by atoms with Crippen LogP contribution in [-0.4, -0.2) is 15.0 Å². The second-order valence-electron chi connectivity index (χ2n) is 10.1. The molecule has 210 valence electrons. The van der Waals surface area contributed by atoms with Gasteiger partial charge in [-0.2, -0.15) is 0 Å². The van der Waals surface area contributed by atoms with E-state index in [-0.39, 0.29) is 0 Å². The second kappa shape index (κ2) is 12.8. The average molecular weight is 585 g/mol. The first kappa shape index (κ1) is 27.3. The minimum Gasteiger partial charge on any atom is -0.310 e. The molecule has 0 spiro atoms. The van der Waals surface area contributed by atoms with Crippen molar-refractivity contribution in [3.05, 3.63) is 170 Å². The number of rotatable bonds is 8. The highest BCUT2D eigenvalue weighted by atomic mass is 32.2. The van der Waals surface area contributed by atoms with Crippen LogP contribution in [-0.2, 0) is 0 Å². The van der Waals surface area contributed by atoms with Crippen LogP contribution < -0.4 is 4.90 Å². The van der Waals surface area contributed by atoms with E-state index < -0.39 is 0 Å². The topological polar surface area (TPSA) is 41.9 Å². The van der Waals surface area contributed by atoms with Crippen LogP contribution in [0.3, 0.4) is 0 Å². The lowest BCUT2D eigenvalue weighted by atomic mass is 10.1. The van der Waals surface area contributed by atoms with Gasteiger partial charge in [0.2, 0.25) is 0 Å². The summed E-state index contributed by atoms with van der Waals surface area (Å²) in [5, 5.41) is 0. The van der Waals surface area contributed by atoms with Crippen LogP contribution in [0.2, 0.25) is 0 Å². The molecule has 0 radical (unpaired) electrons. The van der Waals surface area contributed by atoms with E-state index >= 15 is 0 Å². The molecule has 0 aliphatic rings. The predicted molar refractivity (Wildman–Crippen MR) is 181 cm³/mol. The third-order valence-electron chi connectivity index (χ3n) is 7.15. The number of hydrogen-bond acceptors (Lipinski definition) is 5. The summed E-state index contributed by atoms with van der Waals surface area (Å²) in [5.41, 5.74) is 5.87. The van der Waals surface area contributed by atoms with Gasteiger partial charge in [0.15, 0.2) is 17.5 Å². The van der Waals surface area contributed by atoms with Gasteiger partial charge in [0.1, 0.15) is 0 Å². The molecule has 1 heterocycles. The highest BCUT2D eigenvalue weighted by Gasteiger charge is 2.20. The first-order valence-corrected chi connectivity index (χ1v) is 15.3. The summed E-state index contributed by atoms with van der Waals surface area (Å²) in [6.07, 6.45) is 0. The molecule has 0 aliphatic heterocycles. The van der Waals surface area contributed by atoms with E-state index in [0.717, 1.165) is 38.6 Å². The van der Waals surface area contributed by atoms with Gasteiger partial charge in [0, 0.05) is 37.9 Å². The van der Waals surface area contributed by atoms with Crippen LogP contribution in [0.4, 0.5) is 17.1 Å². The molecule has 7 aromatic rings. The highest BCUT2D eigenvalue weighted by Crippen LogP contribution is 2.40. The van der Waals surface area contributed by atoms with E-state index in [1.807, 2.05) is 54.6 Å². The van der Waals surface area contributed by atoms with Crippen LogP contribution in [0.15, 0.2) is 180 Å². The number of para-hydroxylation sites is 3. The largest absolute Gasteiger partial charge is 0.310 e. The van der Waals surface area contributed by atoms with Gasteiger partial charge in [-0.1, -0.05) is 121 Å². The molecule has 4 nitrogen and oxygen atoms in total. The van der Waals surface area contributed by atoms with E-state index in [1.54, 1.807) is 11.8 Å². The maximum atomic E-state index is 5.12. The summed E-state index contributed by atoms with van der Waals surface area (Å²) >= 11 is 1.72. The van der Waals surface area contributed by atoms with Crippen LogP contribution in [0, 0.1) is 0 Å². The van der Waals surface area contributed by atoms with Crippen molar-refractivity contribution in [3.63, 3.8) is 0 Å². The Labute approximate surface area is 261 Å². The molecule has 0 amide bonds. The van der Waals surface area contributed by atoms with Crippen LogP contribution in [0.5, 0.6) is 0 Å². The SMILES string of the molecule is c1ccc(Sc2cccc(-c3nc(-c4ccccc4)nc(-c4ccccc4N(c4ccccc4)c4ccccc4)n3)c2)cc1. The number of hydrogen-bond donors (Lipinski definition) is 0. The predicted octanol–water partition coefficient (Wildman–Crippen LogP) is 10.5. The van der Waals surface area contributed by atoms with Gasteiger partial charge in [-0.3, -0.25) is 0 Å². The Morgan fingerprint density at radius 2 is 0.864 bits per heavy atom. The van der Waals surface area contributed by atoms with Crippen molar-refractivity contribution < 1.29 is 0 Å². The minimum atomic E-state index is 0.613. The summed E-state index contributed by atoms with van der Waals surface area (Å²) in [6, 6.07) is 58.0. The summed E-state index contributed by atoms with van der Waals surface area (Å²) in [4.78, 5) is 19.7. The van der Waals surface area contributed by atoms with Crippen LogP contribution in [0.25, 0.3) is 34.2 Å². The molecule has 0 saturated carbocycles. The summed E-state index contributed by atoms with van der Waals surface area (Å²) < 4.78 is 0. The first-order valence-electron chi connectivity index (χ1n) is 14.5. The Morgan fingerprint density at radius 3 is 1.52 bits per heavy atom. The maximum absolute atomic E-state index is 5.12. The minimum absolute atomic E-state index is 0.613. The molecular weight excluding hydrogens is 557 g/mol. The van der Waals surface area contributed by atoms with E-state index in [2.05, 4.69) is 120 Å². The Bertz CT molecular complexity index is 1940. The Hall–Kier alpha value is -5.52. The summed E-state index contributed by atoms with van der Waals surface area (Å²) in [5.74, 6) is 1.88. The van der Waals surface area contributed by atoms with Crippen molar-refractivity contribution in [1.29, 1.82) is 0 Å². The van der Waals surface area contributed by atoms with Crippen molar-refractivity contribution in [3.8, 4) is 34.2 Å². The maximum Gasteiger partial charge on any atom is 0.166 e. The Kier molecular flexibility index (Phi) is 7.93. The van der Waals surface area contributed by atoms with Gasteiger partial charge in [0.05, 0.1) is 5.69 Å². The molecule has 6 aromatic carbocycles. The zero-order valence-corrected chi connectivity index (χ0v) is 24.7. The molecule has 0 saturated heterocycles. The molecule has 44 heavy (non-hydrogen) atoms. The fraction of sp³-hybridized carbons (Fsp3) is 0. The fourth-order valence-corrected chi connectivity index (χ4v) is 6.00.